The first kappa shape index (κ1) is 15.3. The van der Waals surface area contributed by atoms with Gasteiger partial charge in [-0.05, 0) is 42.3 Å². The van der Waals surface area contributed by atoms with Crippen LogP contribution in [-0.4, -0.2) is 13.2 Å². The van der Waals surface area contributed by atoms with Crippen molar-refractivity contribution in [3.8, 4) is 5.75 Å². The average Bonchev–Trinajstić information content (AvgIpc) is 2.51. The molecule has 2 aromatic carbocycles. The van der Waals surface area contributed by atoms with E-state index in [1.54, 1.807) is 6.07 Å². The van der Waals surface area contributed by atoms with Gasteiger partial charge in [0.15, 0.2) is 0 Å². The van der Waals surface area contributed by atoms with Gasteiger partial charge in [-0.25, -0.2) is 4.39 Å². The number of rotatable bonds is 7. The first-order valence-electron chi connectivity index (χ1n) is 7.18. The van der Waals surface area contributed by atoms with Crippen molar-refractivity contribution in [2.24, 2.45) is 5.73 Å². The van der Waals surface area contributed by atoms with Crippen LogP contribution in [0.4, 0.5) is 10.1 Å². The number of anilines is 1. The molecule has 0 saturated carbocycles. The summed E-state index contributed by atoms with van der Waals surface area (Å²) in [5.74, 6) is 0.584. The molecule has 0 aliphatic heterocycles. The summed E-state index contributed by atoms with van der Waals surface area (Å²) in [6.45, 7) is 3.20. The maximum atomic E-state index is 13.2. The zero-order valence-electron chi connectivity index (χ0n) is 12.2. The fraction of sp³-hybridized carbons (Fsp3) is 0.294. The predicted octanol–water partition coefficient (Wildman–Crippen LogP) is 3.73. The van der Waals surface area contributed by atoms with Crippen LogP contribution in [-0.2, 0) is 0 Å². The van der Waals surface area contributed by atoms with Crippen molar-refractivity contribution in [3.63, 3.8) is 0 Å². The summed E-state index contributed by atoms with van der Waals surface area (Å²) in [6.07, 6.45) is 0.980. The highest BCUT2D eigenvalue weighted by Crippen LogP contribution is 2.22. The molecule has 0 fully saturated rings. The van der Waals surface area contributed by atoms with E-state index in [0.717, 1.165) is 23.4 Å². The van der Waals surface area contributed by atoms with Crippen LogP contribution in [0.3, 0.4) is 0 Å². The highest BCUT2D eigenvalue weighted by molar-refractivity contribution is 5.46. The number of hydrogen-bond donors (Lipinski definition) is 2. The Morgan fingerprint density at radius 3 is 2.57 bits per heavy atom. The summed E-state index contributed by atoms with van der Waals surface area (Å²) in [6, 6.07) is 14.1. The fourth-order valence-corrected chi connectivity index (χ4v) is 2.07. The van der Waals surface area contributed by atoms with Crippen molar-refractivity contribution >= 4 is 5.69 Å². The van der Waals surface area contributed by atoms with Gasteiger partial charge in [0, 0.05) is 12.2 Å². The SMILES string of the molecule is CCCOc1ccc(C(CN)Nc2cccc(F)c2)cc1. The molecule has 2 rings (SSSR count). The van der Waals surface area contributed by atoms with Gasteiger partial charge in [0.05, 0.1) is 12.6 Å². The van der Waals surface area contributed by atoms with Crippen LogP contribution in [0, 0.1) is 5.82 Å². The van der Waals surface area contributed by atoms with Gasteiger partial charge < -0.3 is 15.8 Å². The lowest BCUT2D eigenvalue weighted by Gasteiger charge is -2.19. The van der Waals surface area contributed by atoms with Gasteiger partial charge in [0.2, 0.25) is 0 Å². The molecule has 1 unspecified atom stereocenters. The summed E-state index contributed by atoms with van der Waals surface area (Å²) < 4.78 is 18.8. The van der Waals surface area contributed by atoms with Gasteiger partial charge in [-0.3, -0.25) is 0 Å². The number of nitrogens with one attached hydrogen (secondary N) is 1. The Labute approximate surface area is 124 Å². The lowest BCUT2D eigenvalue weighted by Crippen LogP contribution is -2.20. The Kier molecular flexibility index (Phi) is 5.58. The molecule has 112 valence electrons. The summed E-state index contributed by atoms with van der Waals surface area (Å²) in [5, 5.41) is 3.24. The zero-order valence-corrected chi connectivity index (χ0v) is 12.2. The number of halogens is 1. The minimum absolute atomic E-state index is 0.0629. The Morgan fingerprint density at radius 2 is 1.95 bits per heavy atom. The Balaban J connectivity index is 2.06. The van der Waals surface area contributed by atoms with E-state index in [-0.39, 0.29) is 11.9 Å². The van der Waals surface area contributed by atoms with Gasteiger partial charge in [-0.15, -0.1) is 0 Å². The van der Waals surface area contributed by atoms with Crippen molar-refractivity contribution in [3.05, 3.63) is 59.9 Å². The minimum Gasteiger partial charge on any atom is -0.494 e. The molecular formula is C17H21FN2O. The van der Waals surface area contributed by atoms with Crippen LogP contribution in [0.1, 0.15) is 24.9 Å². The third-order valence-corrected chi connectivity index (χ3v) is 3.16. The number of nitrogens with two attached hydrogens (primary N) is 1. The maximum absolute atomic E-state index is 13.2. The molecular weight excluding hydrogens is 267 g/mol. The molecule has 0 saturated heterocycles. The van der Waals surface area contributed by atoms with Gasteiger partial charge in [-0.2, -0.15) is 0 Å². The highest BCUT2D eigenvalue weighted by atomic mass is 19.1. The van der Waals surface area contributed by atoms with Crippen LogP contribution in [0.15, 0.2) is 48.5 Å². The van der Waals surface area contributed by atoms with Crippen LogP contribution in [0.5, 0.6) is 5.75 Å². The quantitative estimate of drug-likeness (QED) is 0.816. The summed E-state index contributed by atoms with van der Waals surface area (Å²) in [5.41, 5.74) is 7.59. The van der Waals surface area contributed by atoms with Gasteiger partial charge in [0.1, 0.15) is 11.6 Å². The van der Waals surface area contributed by atoms with Crippen molar-refractivity contribution in [1.29, 1.82) is 0 Å². The van der Waals surface area contributed by atoms with E-state index in [9.17, 15) is 4.39 Å². The number of benzene rings is 2. The third-order valence-electron chi connectivity index (χ3n) is 3.16. The van der Waals surface area contributed by atoms with E-state index in [4.69, 9.17) is 10.5 Å². The van der Waals surface area contributed by atoms with E-state index in [2.05, 4.69) is 12.2 Å². The molecule has 0 amide bonds. The lowest BCUT2D eigenvalue weighted by molar-refractivity contribution is 0.317. The summed E-state index contributed by atoms with van der Waals surface area (Å²) in [7, 11) is 0. The van der Waals surface area contributed by atoms with E-state index in [0.29, 0.717) is 13.2 Å². The molecule has 0 aromatic heterocycles. The summed E-state index contributed by atoms with van der Waals surface area (Å²) >= 11 is 0. The fourth-order valence-electron chi connectivity index (χ4n) is 2.07. The molecule has 1 atom stereocenters. The zero-order chi connectivity index (χ0) is 15.1. The normalized spacial score (nSPS) is 12.0. The van der Waals surface area contributed by atoms with E-state index in [1.807, 2.05) is 30.3 Å². The monoisotopic (exact) mass is 288 g/mol. The standard InChI is InChI=1S/C17H21FN2O/c1-2-10-21-16-8-6-13(7-9-16)17(12-19)20-15-5-3-4-14(18)11-15/h3-9,11,17,20H,2,10,12,19H2,1H3. The van der Waals surface area contributed by atoms with Gasteiger partial charge >= 0.3 is 0 Å². The minimum atomic E-state index is -0.265. The summed E-state index contributed by atoms with van der Waals surface area (Å²) in [4.78, 5) is 0. The molecule has 3 N–H and O–H groups in total. The second-order valence-electron chi connectivity index (χ2n) is 4.86. The van der Waals surface area contributed by atoms with Gasteiger partial charge in [0.25, 0.3) is 0 Å². The maximum Gasteiger partial charge on any atom is 0.125 e. The van der Waals surface area contributed by atoms with Crippen molar-refractivity contribution in [2.75, 3.05) is 18.5 Å². The van der Waals surface area contributed by atoms with Crippen LogP contribution >= 0.6 is 0 Å². The van der Waals surface area contributed by atoms with E-state index >= 15 is 0 Å². The molecule has 3 nitrogen and oxygen atoms in total. The molecule has 0 aliphatic rings. The molecule has 0 bridgehead atoms. The molecule has 0 heterocycles. The number of hydrogen-bond acceptors (Lipinski definition) is 3. The van der Waals surface area contributed by atoms with Crippen LogP contribution in [0.25, 0.3) is 0 Å². The van der Waals surface area contributed by atoms with Crippen LogP contribution < -0.4 is 15.8 Å². The lowest BCUT2D eigenvalue weighted by atomic mass is 10.1. The Bertz CT molecular complexity index is 557. The van der Waals surface area contributed by atoms with E-state index in [1.165, 1.54) is 12.1 Å². The molecule has 4 heteroatoms. The van der Waals surface area contributed by atoms with Crippen molar-refractivity contribution in [2.45, 2.75) is 19.4 Å². The predicted molar refractivity (Wildman–Crippen MR) is 84.0 cm³/mol. The molecule has 0 radical (unpaired) electrons. The largest absolute Gasteiger partial charge is 0.494 e. The number of ether oxygens (including phenoxy) is 1. The topological polar surface area (TPSA) is 47.3 Å². The molecule has 0 spiro atoms. The van der Waals surface area contributed by atoms with Crippen molar-refractivity contribution in [1.82, 2.24) is 0 Å². The average molecular weight is 288 g/mol. The van der Waals surface area contributed by atoms with E-state index < -0.39 is 0 Å². The molecule has 2 aromatic rings. The highest BCUT2D eigenvalue weighted by Gasteiger charge is 2.10. The first-order chi connectivity index (χ1) is 10.2. The Hall–Kier alpha value is -2.07. The smallest absolute Gasteiger partial charge is 0.125 e. The molecule has 0 aliphatic carbocycles. The van der Waals surface area contributed by atoms with Crippen LogP contribution in [0.2, 0.25) is 0 Å². The second-order valence-corrected chi connectivity index (χ2v) is 4.86. The second kappa shape index (κ2) is 7.64. The van der Waals surface area contributed by atoms with Gasteiger partial charge in [-0.1, -0.05) is 25.1 Å². The Morgan fingerprint density at radius 1 is 1.19 bits per heavy atom. The molecule has 21 heavy (non-hydrogen) atoms. The first-order valence-corrected chi connectivity index (χ1v) is 7.18. The van der Waals surface area contributed by atoms with Crippen molar-refractivity contribution < 1.29 is 9.13 Å². The third kappa shape index (κ3) is 4.46.